The van der Waals surface area contributed by atoms with Crippen molar-refractivity contribution in [2.75, 3.05) is 33.4 Å². The molecule has 0 bridgehead atoms. The molecular formula is C10H23N3O2. The van der Waals surface area contributed by atoms with Gasteiger partial charge in [0.05, 0.1) is 6.61 Å². The molecule has 0 aromatic rings. The highest BCUT2D eigenvalue weighted by Gasteiger charge is 2.07. The third kappa shape index (κ3) is 8.20. The van der Waals surface area contributed by atoms with E-state index in [1.165, 1.54) is 0 Å². The van der Waals surface area contributed by atoms with E-state index in [2.05, 4.69) is 23.9 Å². The Morgan fingerprint density at radius 1 is 1.47 bits per heavy atom. The fourth-order valence-electron chi connectivity index (χ4n) is 1.35. The Kier molecular flexibility index (Phi) is 8.04. The molecule has 0 aliphatic carbocycles. The van der Waals surface area contributed by atoms with Gasteiger partial charge >= 0.3 is 0 Å². The molecule has 0 amide bonds. The van der Waals surface area contributed by atoms with Crippen LogP contribution in [0.5, 0.6) is 0 Å². The van der Waals surface area contributed by atoms with E-state index in [9.17, 15) is 0 Å². The topological polar surface area (TPSA) is 71.1 Å². The van der Waals surface area contributed by atoms with Crippen molar-refractivity contribution in [2.45, 2.75) is 20.3 Å². The maximum Gasteiger partial charge on any atom is 0.140 e. The smallest absolute Gasteiger partial charge is 0.140 e. The molecule has 90 valence electrons. The predicted octanol–water partition coefficient (Wildman–Crippen LogP) is 0.727. The fourth-order valence-corrected chi connectivity index (χ4v) is 1.35. The van der Waals surface area contributed by atoms with E-state index >= 15 is 0 Å². The van der Waals surface area contributed by atoms with Crippen molar-refractivity contribution in [2.24, 2.45) is 16.8 Å². The molecule has 0 aliphatic heterocycles. The number of oxime groups is 1. The number of nitrogens with two attached hydrogens (primary N) is 1. The highest BCUT2D eigenvalue weighted by Crippen LogP contribution is 1.99. The van der Waals surface area contributed by atoms with Gasteiger partial charge < -0.3 is 20.6 Å². The lowest BCUT2D eigenvalue weighted by molar-refractivity contribution is 0.141. The van der Waals surface area contributed by atoms with Crippen LogP contribution in [0.3, 0.4) is 0 Å². The van der Waals surface area contributed by atoms with Crippen LogP contribution in [0.1, 0.15) is 20.3 Å². The lowest BCUT2D eigenvalue weighted by Gasteiger charge is -2.23. The molecule has 0 atom stereocenters. The number of hydrogen-bond acceptors (Lipinski definition) is 4. The standard InChI is InChI=1S/C10H23N3O2/c1-9(2)8-13(6-7-15-3)5-4-10(11)12-14/h9,14H,4-8H2,1-3H3,(H2,11,12). The van der Waals surface area contributed by atoms with Crippen LogP contribution in [-0.2, 0) is 4.74 Å². The first-order valence-corrected chi connectivity index (χ1v) is 5.27. The zero-order chi connectivity index (χ0) is 11.7. The van der Waals surface area contributed by atoms with Gasteiger partial charge in [0.25, 0.3) is 0 Å². The number of rotatable bonds is 8. The molecular weight excluding hydrogens is 194 g/mol. The van der Waals surface area contributed by atoms with Gasteiger partial charge in [0, 0.05) is 33.2 Å². The number of methoxy groups -OCH3 is 1. The average molecular weight is 217 g/mol. The summed E-state index contributed by atoms with van der Waals surface area (Å²) in [6, 6.07) is 0. The van der Waals surface area contributed by atoms with Crippen molar-refractivity contribution in [3.8, 4) is 0 Å². The van der Waals surface area contributed by atoms with Gasteiger partial charge in [-0.1, -0.05) is 19.0 Å². The molecule has 5 nitrogen and oxygen atoms in total. The maximum absolute atomic E-state index is 8.43. The molecule has 0 aliphatic rings. The summed E-state index contributed by atoms with van der Waals surface area (Å²) in [6.45, 7) is 7.74. The van der Waals surface area contributed by atoms with Crippen LogP contribution < -0.4 is 5.73 Å². The summed E-state index contributed by atoms with van der Waals surface area (Å²) in [7, 11) is 1.69. The van der Waals surface area contributed by atoms with E-state index in [0.29, 0.717) is 18.9 Å². The number of amidine groups is 1. The van der Waals surface area contributed by atoms with Gasteiger partial charge in [-0.25, -0.2) is 0 Å². The molecule has 0 rings (SSSR count). The first kappa shape index (κ1) is 14.2. The molecule has 15 heavy (non-hydrogen) atoms. The van der Waals surface area contributed by atoms with Crippen molar-refractivity contribution in [3.63, 3.8) is 0 Å². The SMILES string of the molecule is COCCN(CCC(N)=NO)CC(C)C. The Morgan fingerprint density at radius 3 is 2.60 bits per heavy atom. The zero-order valence-corrected chi connectivity index (χ0v) is 9.94. The maximum atomic E-state index is 8.43. The highest BCUT2D eigenvalue weighted by molar-refractivity contribution is 5.79. The Balaban J connectivity index is 3.89. The minimum Gasteiger partial charge on any atom is -0.409 e. The van der Waals surface area contributed by atoms with Crippen LogP contribution in [0, 0.1) is 5.92 Å². The summed E-state index contributed by atoms with van der Waals surface area (Å²) in [5.41, 5.74) is 5.42. The van der Waals surface area contributed by atoms with Gasteiger partial charge in [-0.2, -0.15) is 0 Å². The lowest BCUT2D eigenvalue weighted by Crippen LogP contribution is -2.34. The molecule has 0 spiro atoms. The fraction of sp³-hybridized carbons (Fsp3) is 0.900. The Labute approximate surface area is 91.9 Å². The molecule has 3 N–H and O–H groups in total. The third-order valence-electron chi connectivity index (χ3n) is 2.05. The Bertz CT molecular complexity index is 184. The van der Waals surface area contributed by atoms with E-state index in [-0.39, 0.29) is 5.84 Å². The summed E-state index contributed by atoms with van der Waals surface area (Å²) in [6.07, 6.45) is 0.590. The van der Waals surface area contributed by atoms with E-state index in [4.69, 9.17) is 15.7 Å². The second kappa shape index (κ2) is 8.49. The molecule has 0 aromatic carbocycles. The van der Waals surface area contributed by atoms with E-state index in [0.717, 1.165) is 19.6 Å². The number of ether oxygens (including phenoxy) is 1. The van der Waals surface area contributed by atoms with Crippen molar-refractivity contribution in [1.29, 1.82) is 0 Å². The summed E-state index contributed by atoms with van der Waals surface area (Å²) < 4.78 is 5.03. The van der Waals surface area contributed by atoms with Gasteiger partial charge in [0.1, 0.15) is 5.84 Å². The van der Waals surface area contributed by atoms with Crippen molar-refractivity contribution >= 4 is 5.84 Å². The van der Waals surface area contributed by atoms with Crippen LogP contribution in [0.15, 0.2) is 5.16 Å². The van der Waals surface area contributed by atoms with Gasteiger partial charge in [-0.3, -0.25) is 0 Å². The van der Waals surface area contributed by atoms with E-state index in [1.54, 1.807) is 7.11 Å². The second-order valence-corrected chi connectivity index (χ2v) is 4.03. The molecule has 0 aromatic heterocycles. The summed E-state index contributed by atoms with van der Waals surface area (Å²) >= 11 is 0. The number of nitrogens with zero attached hydrogens (tertiary/aromatic N) is 2. The third-order valence-corrected chi connectivity index (χ3v) is 2.05. The van der Waals surface area contributed by atoms with Gasteiger partial charge in [0.15, 0.2) is 0 Å². The van der Waals surface area contributed by atoms with Crippen molar-refractivity contribution < 1.29 is 9.94 Å². The van der Waals surface area contributed by atoms with E-state index in [1.807, 2.05) is 0 Å². The Hall–Kier alpha value is -0.810. The first-order chi connectivity index (χ1) is 7.10. The van der Waals surface area contributed by atoms with Crippen molar-refractivity contribution in [3.05, 3.63) is 0 Å². The first-order valence-electron chi connectivity index (χ1n) is 5.27. The Morgan fingerprint density at radius 2 is 2.13 bits per heavy atom. The molecule has 0 unspecified atom stereocenters. The normalized spacial score (nSPS) is 12.7. The lowest BCUT2D eigenvalue weighted by atomic mass is 10.2. The minimum atomic E-state index is 0.279. The zero-order valence-electron chi connectivity index (χ0n) is 9.94. The van der Waals surface area contributed by atoms with Crippen molar-refractivity contribution in [1.82, 2.24) is 4.90 Å². The van der Waals surface area contributed by atoms with Crippen LogP contribution in [0.25, 0.3) is 0 Å². The molecule has 0 saturated heterocycles. The van der Waals surface area contributed by atoms with Gasteiger partial charge in [-0.15, -0.1) is 0 Å². The summed E-state index contributed by atoms with van der Waals surface area (Å²) in [5, 5.41) is 11.4. The van der Waals surface area contributed by atoms with Gasteiger partial charge in [0.2, 0.25) is 0 Å². The van der Waals surface area contributed by atoms with Crippen LogP contribution in [0.2, 0.25) is 0 Å². The minimum absolute atomic E-state index is 0.279. The van der Waals surface area contributed by atoms with Crippen LogP contribution in [0.4, 0.5) is 0 Å². The highest BCUT2D eigenvalue weighted by atomic mass is 16.5. The summed E-state index contributed by atoms with van der Waals surface area (Å²) in [4.78, 5) is 2.26. The monoisotopic (exact) mass is 217 g/mol. The predicted molar refractivity (Wildman–Crippen MR) is 61.2 cm³/mol. The largest absolute Gasteiger partial charge is 0.409 e. The van der Waals surface area contributed by atoms with E-state index < -0.39 is 0 Å². The van der Waals surface area contributed by atoms with Gasteiger partial charge in [-0.05, 0) is 5.92 Å². The molecule has 0 saturated carbocycles. The molecule has 0 radical (unpaired) electrons. The van der Waals surface area contributed by atoms with Crippen LogP contribution >= 0.6 is 0 Å². The molecule has 0 fully saturated rings. The molecule has 5 heteroatoms. The average Bonchev–Trinajstić information content (AvgIpc) is 2.20. The number of hydrogen-bond donors (Lipinski definition) is 2. The quantitative estimate of drug-likeness (QED) is 0.272. The molecule has 0 heterocycles. The van der Waals surface area contributed by atoms with Crippen LogP contribution in [-0.4, -0.2) is 49.3 Å². The summed E-state index contributed by atoms with van der Waals surface area (Å²) in [5.74, 6) is 0.885. The second-order valence-electron chi connectivity index (χ2n) is 4.03.